The molecule has 240 valence electrons. The molecule has 0 atom stereocenters. The molecule has 4 aromatic carbocycles. The fourth-order valence-corrected chi connectivity index (χ4v) is 5.53. The SMILES string of the molecule is Cc1cc2c(cc1C)NCc1cc(C(C)(C)C)cc(c1O)C=Nc1cc(C)c(C)cc1NCc1cc(C(C)(C)C)cc(c1O)C=N2. The third-order valence-electron chi connectivity index (χ3n) is 9.02. The lowest BCUT2D eigenvalue weighted by molar-refractivity contribution is 0.466. The summed E-state index contributed by atoms with van der Waals surface area (Å²) in [7, 11) is 0. The lowest BCUT2D eigenvalue weighted by Gasteiger charge is -2.23. The summed E-state index contributed by atoms with van der Waals surface area (Å²) >= 11 is 0. The van der Waals surface area contributed by atoms with Crippen LogP contribution in [0.15, 0.2) is 58.5 Å². The monoisotopic (exact) mass is 616 g/mol. The van der Waals surface area contributed by atoms with Crippen LogP contribution in [0.25, 0.3) is 0 Å². The average molecular weight is 617 g/mol. The zero-order chi connectivity index (χ0) is 33.6. The van der Waals surface area contributed by atoms with Crippen molar-refractivity contribution in [3.63, 3.8) is 0 Å². The molecule has 0 aliphatic carbocycles. The van der Waals surface area contributed by atoms with Gasteiger partial charge in [0.25, 0.3) is 0 Å². The summed E-state index contributed by atoms with van der Waals surface area (Å²) in [5.41, 5.74) is 12.6. The van der Waals surface area contributed by atoms with Gasteiger partial charge >= 0.3 is 0 Å². The third-order valence-corrected chi connectivity index (χ3v) is 9.02. The van der Waals surface area contributed by atoms with Crippen molar-refractivity contribution in [2.45, 2.75) is 93.2 Å². The number of hydrogen-bond acceptors (Lipinski definition) is 6. The van der Waals surface area contributed by atoms with Crippen LogP contribution in [0, 0.1) is 27.7 Å². The van der Waals surface area contributed by atoms with Crippen molar-refractivity contribution in [3.05, 3.63) is 104 Å². The van der Waals surface area contributed by atoms with Crippen LogP contribution in [0.5, 0.6) is 11.5 Å². The first-order valence-electron chi connectivity index (χ1n) is 16.0. The number of anilines is 2. The van der Waals surface area contributed by atoms with E-state index in [1.807, 2.05) is 12.1 Å². The van der Waals surface area contributed by atoms with Crippen LogP contribution in [-0.2, 0) is 23.9 Å². The van der Waals surface area contributed by atoms with Gasteiger partial charge in [-0.05, 0) is 120 Å². The minimum Gasteiger partial charge on any atom is -0.507 e. The highest BCUT2D eigenvalue weighted by molar-refractivity contribution is 5.90. The van der Waals surface area contributed by atoms with Crippen LogP contribution in [0.1, 0.15) is 97.2 Å². The van der Waals surface area contributed by atoms with E-state index in [9.17, 15) is 10.2 Å². The summed E-state index contributed by atoms with van der Waals surface area (Å²) in [4.78, 5) is 9.85. The molecule has 6 nitrogen and oxygen atoms in total. The number of hydrogen-bond donors (Lipinski definition) is 4. The number of nitrogens with one attached hydrogen (secondary N) is 2. The van der Waals surface area contributed by atoms with Crippen LogP contribution in [0.4, 0.5) is 22.7 Å². The van der Waals surface area contributed by atoms with Crippen molar-refractivity contribution < 1.29 is 10.2 Å². The number of fused-ring (bicyclic) bond motifs is 6. The Bertz CT molecular complexity index is 1730. The molecule has 0 radical (unpaired) electrons. The minimum absolute atomic E-state index is 0.133. The van der Waals surface area contributed by atoms with Crippen LogP contribution in [0.3, 0.4) is 0 Å². The van der Waals surface area contributed by atoms with E-state index in [4.69, 9.17) is 9.98 Å². The number of aromatic hydroxyl groups is 2. The first-order chi connectivity index (χ1) is 21.5. The Labute approximate surface area is 274 Å². The highest BCUT2D eigenvalue weighted by atomic mass is 16.3. The topological polar surface area (TPSA) is 89.2 Å². The molecule has 4 aromatic rings. The van der Waals surface area contributed by atoms with Gasteiger partial charge in [0.2, 0.25) is 0 Å². The largest absolute Gasteiger partial charge is 0.507 e. The second-order valence-corrected chi connectivity index (χ2v) is 14.8. The Morgan fingerprint density at radius 2 is 0.870 bits per heavy atom. The molecular formula is C40H48N4O2. The van der Waals surface area contributed by atoms with Gasteiger partial charge in [-0.1, -0.05) is 41.5 Å². The van der Waals surface area contributed by atoms with E-state index >= 15 is 0 Å². The predicted octanol–water partition coefficient (Wildman–Crippen LogP) is 9.97. The lowest BCUT2D eigenvalue weighted by atomic mass is 9.84. The Kier molecular flexibility index (Phi) is 8.78. The summed E-state index contributed by atoms with van der Waals surface area (Å²) in [5.74, 6) is 0.402. The Morgan fingerprint density at radius 1 is 0.522 bits per heavy atom. The number of phenols is 2. The molecule has 6 heteroatoms. The summed E-state index contributed by atoms with van der Waals surface area (Å²) < 4.78 is 0. The van der Waals surface area contributed by atoms with Crippen LogP contribution in [0.2, 0.25) is 0 Å². The lowest BCUT2D eigenvalue weighted by Crippen LogP contribution is -2.13. The zero-order valence-electron chi connectivity index (χ0n) is 29.0. The minimum atomic E-state index is -0.133. The standard InChI is InChI=1S/C40H48N4O2/c1-23-11-33-34(12-24(23)2)42-20-28-16-32(40(8,9)10)18-30(38(28)46)22-44-36-14-26(4)25(3)13-35(36)43-21-29-17-31(39(5,6)7)15-27(19-41-33)37(29)45/h11-19,22,42-43,45-46H,20-21H2,1-10H3. The van der Waals surface area contributed by atoms with Gasteiger partial charge in [-0.25, -0.2) is 0 Å². The van der Waals surface area contributed by atoms with E-state index in [2.05, 4.69) is 116 Å². The summed E-state index contributed by atoms with van der Waals surface area (Å²) in [6.45, 7) is 22.1. The van der Waals surface area contributed by atoms with Crippen molar-refractivity contribution in [1.82, 2.24) is 0 Å². The van der Waals surface area contributed by atoms with Crippen molar-refractivity contribution in [1.29, 1.82) is 0 Å². The summed E-state index contributed by atoms with van der Waals surface area (Å²) in [5, 5.41) is 30.2. The Balaban J connectivity index is 1.74. The molecule has 1 heterocycles. The second kappa shape index (κ2) is 12.3. The number of phenolic OH excluding ortho intramolecular Hbond substituents is 2. The molecule has 0 amide bonds. The average Bonchev–Trinajstić information content (AvgIpc) is 2.96. The van der Waals surface area contributed by atoms with E-state index in [1.165, 1.54) is 0 Å². The molecule has 46 heavy (non-hydrogen) atoms. The van der Waals surface area contributed by atoms with Gasteiger partial charge in [-0.3, -0.25) is 9.98 Å². The van der Waals surface area contributed by atoms with Crippen molar-refractivity contribution >= 4 is 35.2 Å². The highest BCUT2D eigenvalue weighted by Crippen LogP contribution is 2.37. The second-order valence-electron chi connectivity index (χ2n) is 14.8. The first-order valence-corrected chi connectivity index (χ1v) is 16.0. The van der Waals surface area contributed by atoms with Crippen molar-refractivity contribution in [3.8, 4) is 11.5 Å². The van der Waals surface area contributed by atoms with Gasteiger partial charge in [0.15, 0.2) is 0 Å². The van der Waals surface area contributed by atoms with Crippen LogP contribution in [-0.4, -0.2) is 22.6 Å². The number of rotatable bonds is 0. The fraction of sp³-hybridized carbons (Fsp3) is 0.350. The molecule has 0 aromatic heterocycles. The van der Waals surface area contributed by atoms with Gasteiger partial charge in [0.05, 0.1) is 22.7 Å². The maximum atomic E-state index is 11.5. The molecule has 1 aliphatic rings. The number of benzene rings is 4. The van der Waals surface area contributed by atoms with Crippen LogP contribution < -0.4 is 10.6 Å². The molecule has 4 bridgehead atoms. The molecule has 0 fully saturated rings. The van der Waals surface area contributed by atoms with Gasteiger partial charge < -0.3 is 20.8 Å². The Hall–Kier alpha value is -4.58. The highest BCUT2D eigenvalue weighted by Gasteiger charge is 2.21. The van der Waals surface area contributed by atoms with Gasteiger partial charge in [0.1, 0.15) is 11.5 Å². The quantitative estimate of drug-likeness (QED) is 0.158. The van der Waals surface area contributed by atoms with Gasteiger partial charge in [0, 0.05) is 47.8 Å². The van der Waals surface area contributed by atoms with E-state index in [-0.39, 0.29) is 22.3 Å². The maximum Gasteiger partial charge on any atom is 0.129 e. The van der Waals surface area contributed by atoms with E-state index in [0.29, 0.717) is 24.2 Å². The normalized spacial score (nSPS) is 13.6. The number of aryl methyl sites for hydroxylation is 4. The molecular weight excluding hydrogens is 568 g/mol. The fourth-order valence-electron chi connectivity index (χ4n) is 5.53. The number of aliphatic imine (C=N–C) groups is 2. The molecule has 0 spiro atoms. The smallest absolute Gasteiger partial charge is 0.129 e. The molecule has 0 unspecified atom stereocenters. The van der Waals surface area contributed by atoms with E-state index in [0.717, 1.165) is 67.3 Å². The molecule has 0 saturated heterocycles. The van der Waals surface area contributed by atoms with Crippen molar-refractivity contribution in [2.75, 3.05) is 10.6 Å². The maximum absolute atomic E-state index is 11.5. The van der Waals surface area contributed by atoms with Gasteiger partial charge in [-0.2, -0.15) is 0 Å². The molecule has 1 aliphatic heterocycles. The van der Waals surface area contributed by atoms with Crippen molar-refractivity contribution in [2.24, 2.45) is 9.98 Å². The predicted molar refractivity (Wildman–Crippen MR) is 195 cm³/mol. The Morgan fingerprint density at radius 3 is 1.22 bits per heavy atom. The number of nitrogens with zero attached hydrogens (tertiary/aromatic N) is 2. The van der Waals surface area contributed by atoms with Gasteiger partial charge in [-0.15, -0.1) is 0 Å². The molecule has 0 saturated carbocycles. The van der Waals surface area contributed by atoms with E-state index in [1.54, 1.807) is 12.4 Å². The molecule has 5 rings (SSSR count). The summed E-state index contributed by atoms with van der Waals surface area (Å²) in [6, 6.07) is 16.5. The third kappa shape index (κ3) is 6.96. The zero-order valence-corrected chi connectivity index (χ0v) is 29.0. The molecule has 4 N–H and O–H groups in total. The van der Waals surface area contributed by atoms with Crippen LogP contribution >= 0.6 is 0 Å². The summed E-state index contributed by atoms with van der Waals surface area (Å²) in [6.07, 6.45) is 3.52. The first kappa shape index (κ1) is 32.8. The van der Waals surface area contributed by atoms with E-state index < -0.39 is 0 Å².